The van der Waals surface area contributed by atoms with Crippen molar-refractivity contribution in [1.82, 2.24) is 9.21 Å². The lowest BCUT2D eigenvalue weighted by Gasteiger charge is -2.32. The number of piperidine rings is 1. The number of hydrogen-bond acceptors (Lipinski definition) is 4. The van der Waals surface area contributed by atoms with Crippen molar-refractivity contribution in [2.24, 2.45) is 11.7 Å². The number of likely N-dealkylation sites (tertiary alicyclic amines) is 1. The topological polar surface area (TPSA) is 95.7 Å². The Labute approximate surface area is 147 Å². The molecule has 0 saturated carbocycles. The maximum absolute atomic E-state index is 12.2. The van der Waals surface area contributed by atoms with E-state index >= 15 is 0 Å². The van der Waals surface area contributed by atoms with Gasteiger partial charge in [0, 0.05) is 38.8 Å². The van der Waals surface area contributed by atoms with Crippen LogP contribution in [-0.2, 0) is 14.8 Å². The van der Waals surface area contributed by atoms with Crippen LogP contribution in [0.4, 0.5) is 5.69 Å². The lowest BCUT2D eigenvalue weighted by Crippen LogP contribution is -2.43. The molecule has 0 unspecified atom stereocenters. The number of benzene rings is 1. The van der Waals surface area contributed by atoms with Gasteiger partial charge >= 0.3 is 0 Å². The average molecular weight is 371 g/mol. The molecule has 1 aromatic rings. The summed E-state index contributed by atoms with van der Waals surface area (Å²) >= 11 is 5.39. The minimum atomic E-state index is -3.49. The van der Waals surface area contributed by atoms with E-state index < -0.39 is 10.0 Å². The molecule has 1 aliphatic rings. The summed E-state index contributed by atoms with van der Waals surface area (Å²) in [7, 11) is -0.514. The van der Waals surface area contributed by atoms with Gasteiger partial charge in [-0.3, -0.25) is 4.79 Å². The van der Waals surface area contributed by atoms with Gasteiger partial charge in [0.1, 0.15) is 0 Å². The van der Waals surface area contributed by atoms with E-state index in [9.17, 15) is 13.2 Å². The van der Waals surface area contributed by atoms with E-state index in [4.69, 9.17) is 18.0 Å². The van der Waals surface area contributed by atoms with Crippen LogP contribution >= 0.6 is 12.2 Å². The van der Waals surface area contributed by atoms with Crippen LogP contribution in [0.2, 0.25) is 0 Å². The van der Waals surface area contributed by atoms with Crippen molar-refractivity contribution in [2.45, 2.75) is 17.7 Å². The number of primary amides is 1. The Morgan fingerprint density at radius 2 is 1.96 bits per heavy atom. The number of anilines is 1. The van der Waals surface area contributed by atoms with Crippen molar-refractivity contribution in [3.05, 3.63) is 24.3 Å². The molecule has 1 aromatic carbocycles. The van der Waals surface area contributed by atoms with Gasteiger partial charge in [0.05, 0.1) is 4.90 Å². The molecule has 1 aliphatic heterocycles. The first kappa shape index (κ1) is 18.6. The molecule has 1 amide bonds. The lowest BCUT2D eigenvalue weighted by molar-refractivity contribution is -0.122. The van der Waals surface area contributed by atoms with Gasteiger partial charge < -0.3 is 16.0 Å². The second-order valence-corrected chi connectivity index (χ2v) is 8.45. The third-order valence-electron chi connectivity index (χ3n) is 4.05. The largest absolute Gasteiger partial charge is 0.369 e. The number of sulfonamides is 1. The Morgan fingerprint density at radius 3 is 2.50 bits per heavy atom. The van der Waals surface area contributed by atoms with Gasteiger partial charge in [0.15, 0.2) is 5.11 Å². The van der Waals surface area contributed by atoms with Crippen molar-refractivity contribution in [2.75, 3.05) is 32.5 Å². The number of hydrogen-bond donors (Lipinski definition) is 2. The van der Waals surface area contributed by atoms with E-state index in [1.54, 1.807) is 24.3 Å². The number of carbonyl (C=O) groups excluding carboxylic acids is 1. The zero-order chi connectivity index (χ0) is 17.9. The van der Waals surface area contributed by atoms with Gasteiger partial charge in [-0.05, 0) is 43.3 Å². The fraction of sp³-hybridized carbons (Fsp3) is 0.467. The number of carbonyl (C=O) groups is 1. The Morgan fingerprint density at radius 1 is 1.33 bits per heavy atom. The molecule has 1 saturated heterocycles. The van der Waals surface area contributed by atoms with Crippen LogP contribution in [0.25, 0.3) is 0 Å². The molecule has 0 aliphatic carbocycles. The minimum Gasteiger partial charge on any atom is -0.369 e. The summed E-state index contributed by atoms with van der Waals surface area (Å²) in [5.41, 5.74) is 5.94. The second kappa shape index (κ2) is 7.45. The summed E-state index contributed by atoms with van der Waals surface area (Å²) < 4.78 is 25.5. The van der Waals surface area contributed by atoms with E-state index in [1.165, 1.54) is 18.4 Å². The van der Waals surface area contributed by atoms with Crippen LogP contribution < -0.4 is 11.1 Å². The van der Waals surface area contributed by atoms with Crippen LogP contribution in [0.15, 0.2) is 29.2 Å². The molecule has 0 bridgehead atoms. The highest BCUT2D eigenvalue weighted by Gasteiger charge is 2.24. The number of amides is 1. The Kier molecular flexibility index (Phi) is 5.79. The van der Waals surface area contributed by atoms with E-state index in [0.29, 0.717) is 36.7 Å². The number of thiocarbonyl (C=S) groups is 1. The van der Waals surface area contributed by atoms with Crippen LogP contribution in [0.1, 0.15) is 12.8 Å². The molecule has 9 heteroatoms. The van der Waals surface area contributed by atoms with Gasteiger partial charge in [-0.15, -0.1) is 0 Å². The number of rotatable bonds is 4. The van der Waals surface area contributed by atoms with E-state index in [-0.39, 0.29) is 16.7 Å². The van der Waals surface area contributed by atoms with Crippen LogP contribution in [-0.4, -0.2) is 55.8 Å². The third-order valence-corrected chi connectivity index (χ3v) is 6.22. The first-order valence-corrected chi connectivity index (χ1v) is 9.44. The van der Waals surface area contributed by atoms with Crippen LogP contribution in [0.3, 0.4) is 0 Å². The van der Waals surface area contributed by atoms with Crippen molar-refractivity contribution in [3.8, 4) is 0 Å². The smallest absolute Gasteiger partial charge is 0.242 e. The first-order valence-electron chi connectivity index (χ1n) is 7.59. The maximum atomic E-state index is 12.2. The Bertz CT molecular complexity index is 726. The van der Waals surface area contributed by atoms with Gasteiger partial charge in [-0.1, -0.05) is 6.07 Å². The van der Waals surface area contributed by atoms with Crippen molar-refractivity contribution >= 4 is 38.9 Å². The molecule has 0 spiro atoms. The summed E-state index contributed by atoms with van der Waals surface area (Å²) in [6.07, 6.45) is 1.35. The predicted molar refractivity (Wildman–Crippen MR) is 97.0 cm³/mol. The van der Waals surface area contributed by atoms with Gasteiger partial charge in [-0.2, -0.15) is 0 Å². The summed E-state index contributed by atoms with van der Waals surface area (Å²) in [4.78, 5) is 13.4. The molecule has 3 N–H and O–H groups in total. The number of nitrogens with two attached hydrogens (primary N) is 1. The number of nitrogens with one attached hydrogen (secondary N) is 1. The minimum absolute atomic E-state index is 0.0994. The molecule has 24 heavy (non-hydrogen) atoms. The van der Waals surface area contributed by atoms with Crippen molar-refractivity contribution in [1.29, 1.82) is 0 Å². The SMILES string of the molecule is CN(C)S(=O)(=O)c1cccc(NC(=S)N2CCC(C(N)=O)CC2)c1. The highest BCUT2D eigenvalue weighted by Crippen LogP contribution is 2.20. The molecular weight excluding hydrogens is 348 g/mol. The van der Waals surface area contributed by atoms with Gasteiger partial charge in [-0.25, -0.2) is 12.7 Å². The second-order valence-electron chi connectivity index (χ2n) is 5.91. The highest BCUT2D eigenvalue weighted by molar-refractivity contribution is 7.89. The normalized spacial score (nSPS) is 16.2. The molecular formula is C15H22N4O3S2. The summed E-state index contributed by atoms with van der Waals surface area (Å²) in [5.74, 6) is -0.368. The monoisotopic (exact) mass is 370 g/mol. The molecule has 0 atom stereocenters. The molecule has 132 valence electrons. The van der Waals surface area contributed by atoms with E-state index in [1.807, 2.05) is 4.90 Å². The standard InChI is InChI=1S/C15H22N4O3S2/c1-18(2)24(21,22)13-5-3-4-12(10-13)17-15(23)19-8-6-11(7-9-19)14(16)20/h3-5,10-11H,6-9H2,1-2H3,(H2,16,20)(H,17,23). The summed E-state index contributed by atoms with van der Waals surface area (Å²) in [5, 5.41) is 3.58. The third kappa shape index (κ3) is 4.22. The molecule has 7 nitrogen and oxygen atoms in total. The first-order chi connectivity index (χ1) is 11.2. The quantitative estimate of drug-likeness (QED) is 0.762. The summed E-state index contributed by atoms with van der Waals surface area (Å²) in [6, 6.07) is 6.53. The van der Waals surface area contributed by atoms with Crippen LogP contribution in [0.5, 0.6) is 0 Å². The Balaban J connectivity index is 2.04. The zero-order valence-electron chi connectivity index (χ0n) is 13.7. The van der Waals surface area contributed by atoms with Crippen molar-refractivity contribution in [3.63, 3.8) is 0 Å². The van der Waals surface area contributed by atoms with E-state index in [0.717, 1.165) is 0 Å². The molecule has 1 fully saturated rings. The van der Waals surface area contributed by atoms with E-state index in [2.05, 4.69) is 5.32 Å². The van der Waals surface area contributed by atoms with Crippen LogP contribution in [0, 0.1) is 5.92 Å². The predicted octanol–water partition coefficient (Wildman–Crippen LogP) is 0.831. The molecule has 1 heterocycles. The lowest BCUT2D eigenvalue weighted by atomic mass is 9.97. The zero-order valence-corrected chi connectivity index (χ0v) is 15.4. The van der Waals surface area contributed by atoms with Gasteiger partial charge in [0.25, 0.3) is 0 Å². The Hall–Kier alpha value is -1.71. The van der Waals surface area contributed by atoms with Crippen molar-refractivity contribution < 1.29 is 13.2 Å². The molecule has 2 rings (SSSR count). The fourth-order valence-corrected chi connectivity index (χ4v) is 3.76. The van der Waals surface area contributed by atoms with Gasteiger partial charge in [0.2, 0.25) is 15.9 Å². The number of nitrogens with zero attached hydrogens (tertiary/aromatic N) is 2. The molecule has 0 aromatic heterocycles. The average Bonchev–Trinajstić information content (AvgIpc) is 2.55. The molecule has 0 radical (unpaired) electrons. The fourth-order valence-electron chi connectivity index (χ4n) is 2.51. The summed E-state index contributed by atoms with van der Waals surface area (Å²) in [6.45, 7) is 1.30. The highest BCUT2D eigenvalue weighted by atomic mass is 32.2. The maximum Gasteiger partial charge on any atom is 0.242 e.